The van der Waals surface area contributed by atoms with Gasteiger partial charge in [-0.15, -0.1) is 0 Å². The molecule has 0 aromatic carbocycles. The summed E-state index contributed by atoms with van der Waals surface area (Å²) in [5.41, 5.74) is 0. The van der Waals surface area contributed by atoms with Crippen molar-refractivity contribution in [1.82, 2.24) is 5.32 Å². The average molecular weight is 187 g/mol. The number of carbonyl (C=O) groups excluding carboxylic acids is 2. The summed E-state index contributed by atoms with van der Waals surface area (Å²) in [6.07, 6.45) is 2.94. The largest absolute Gasteiger partial charge is 0.480 e. The van der Waals surface area contributed by atoms with Gasteiger partial charge >= 0.3 is 5.97 Å². The molecular weight excluding hydrogens is 174 g/mol. The second kappa shape index (κ2) is 7.42. The Morgan fingerprint density at radius 1 is 1.46 bits per heavy atom. The first-order valence-corrected chi connectivity index (χ1v) is 4.05. The highest BCUT2D eigenvalue weighted by atomic mass is 16.4. The maximum absolute atomic E-state index is 10.1. The number of carboxylic acids is 1. The molecule has 0 saturated carbocycles. The minimum absolute atomic E-state index is 0.0278. The zero-order valence-electron chi connectivity index (χ0n) is 7.23. The zero-order chi connectivity index (χ0) is 10.1. The average Bonchev–Trinajstić information content (AvgIpc) is 2.58. The Morgan fingerprint density at radius 3 is 2.23 bits per heavy atom. The van der Waals surface area contributed by atoms with Crippen LogP contribution in [0.5, 0.6) is 0 Å². The highest BCUT2D eigenvalue weighted by Gasteiger charge is 2.20. The van der Waals surface area contributed by atoms with Crippen LogP contribution in [0.4, 0.5) is 0 Å². The summed E-state index contributed by atoms with van der Waals surface area (Å²) in [4.78, 5) is 28.5. The van der Waals surface area contributed by atoms with Crippen molar-refractivity contribution in [3.05, 3.63) is 0 Å². The molecule has 0 amide bonds. The molecule has 0 aromatic heterocycles. The van der Waals surface area contributed by atoms with E-state index in [4.69, 9.17) is 5.11 Å². The SMILES string of the molecule is O=C(O)[C@@H]1CCCN1.O=CCC=O. The molecule has 0 spiro atoms. The number of nitrogens with one attached hydrogen (secondary N) is 1. The topological polar surface area (TPSA) is 83.5 Å². The fraction of sp³-hybridized carbons (Fsp3) is 0.625. The van der Waals surface area contributed by atoms with Crippen molar-refractivity contribution in [3.8, 4) is 0 Å². The van der Waals surface area contributed by atoms with Gasteiger partial charge in [0, 0.05) is 0 Å². The molecule has 5 heteroatoms. The molecule has 1 rings (SSSR count). The molecule has 1 fully saturated rings. The molecule has 1 heterocycles. The Hall–Kier alpha value is -1.23. The number of hydrogen-bond donors (Lipinski definition) is 2. The predicted octanol–water partition coefficient (Wildman–Crippen LogP) is -0.403. The van der Waals surface area contributed by atoms with E-state index in [1.807, 2.05) is 0 Å². The van der Waals surface area contributed by atoms with Crippen LogP contribution in [0.15, 0.2) is 0 Å². The van der Waals surface area contributed by atoms with E-state index >= 15 is 0 Å². The van der Waals surface area contributed by atoms with E-state index in [0.29, 0.717) is 12.6 Å². The third-order valence-electron chi connectivity index (χ3n) is 1.55. The van der Waals surface area contributed by atoms with Gasteiger partial charge < -0.3 is 20.0 Å². The van der Waals surface area contributed by atoms with E-state index in [1.54, 1.807) is 0 Å². The van der Waals surface area contributed by atoms with Gasteiger partial charge in [-0.1, -0.05) is 0 Å². The summed E-state index contributed by atoms with van der Waals surface area (Å²) < 4.78 is 0. The van der Waals surface area contributed by atoms with Gasteiger partial charge in [-0.2, -0.15) is 0 Å². The molecule has 0 aliphatic carbocycles. The first kappa shape index (κ1) is 11.8. The van der Waals surface area contributed by atoms with Gasteiger partial charge in [0.25, 0.3) is 0 Å². The zero-order valence-corrected chi connectivity index (χ0v) is 7.23. The van der Waals surface area contributed by atoms with E-state index in [0.717, 1.165) is 19.4 Å². The molecule has 0 bridgehead atoms. The Bertz CT molecular complexity index is 169. The fourth-order valence-electron chi connectivity index (χ4n) is 0.935. The predicted molar refractivity (Wildman–Crippen MR) is 45.4 cm³/mol. The van der Waals surface area contributed by atoms with Crippen LogP contribution in [0.3, 0.4) is 0 Å². The summed E-state index contributed by atoms with van der Waals surface area (Å²) in [6.45, 7) is 0.858. The fourth-order valence-corrected chi connectivity index (χ4v) is 0.935. The smallest absolute Gasteiger partial charge is 0.320 e. The maximum atomic E-state index is 10.1. The third kappa shape index (κ3) is 5.98. The molecule has 5 nitrogen and oxygen atoms in total. The first-order valence-electron chi connectivity index (χ1n) is 4.05. The minimum atomic E-state index is -0.720. The van der Waals surface area contributed by atoms with Crippen LogP contribution in [0.25, 0.3) is 0 Å². The van der Waals surface area contributed by atoms with Crippen molar-refractivity contribution in [2.24, 2.45) is 0 Å². The van der Waals surface area contributed by atoms with Gasteiger partial charge in [-0.3, -0.25) is 4.79 Å². The normalized spacial score (nSPS) is 19.8. The van der Waals surface area contributed by atoms with Crippen molar-refractivity contribution in [1.29, 1.82) is 0 Å². The van der Waals surface area contributed by atoms with Crippen molar-refractivity contribution in [3.63, 3.8) is 0 Å². The number of hydrogen-bond acceptors (Lipinski definition) is 4. The van der Waals surface area contributed by atoms with Crippen LogP contribution < -0.4 is 5.32 Å². The summed E-state index contributed by atoms with van der Waals surface area (Å²) in [6, 6.07) is -0.269. The second-order valence-corrected chi connectivity index (χ2v) is 2.56. The van der Waals surface area contributed by atoms with Gasteiger partial charge in [0.15, 0.2) is 0 Å². The highest BCUT2D eigenvalue weighted by Crippen LogP contribution is 2.03. The summed E-state index contributed by atoms with van der Waals surface area (Å²) in [5, 5.41) is 11.2. The lowest BCUT2D eigenvalue weighted by molar-refractivity contribution is -0.139. The Morgan fingerprint density at radius 2 is 2.08 bits per heavy atom. The number of aliphatic carboxylic acids is 1. The van der Waals surface area contributed by atoms with Crippen LogP contribution in [0.2, 0.25) is 0 Å². The van der Waals surface area contributed by atoms with Gasteiger partial charge in [-0.25, -0.2) is 0 Å². The summed E-state index contributed by atoms with van der Waals surface area (Å²) in [5.74, 6) is -0.720. The lowest BCUT2D eigenvalue weighted by atomic mass is 10.2. The number of carboxylic acid groups (broad SMARTS) is 1. The first-order chi connectivity index (χ1) is 6.22. The molecule has 1 saturated heterocycles. The molecule has 1 aliphatic heterocycles. The lowest BCUT2D eigenvalue weighted by Crippen LogP contribution is -2.29. The highest BCUT2D eigenvalue weighted by molar-refractivity contribution is 5.73. The van der Waals surface area contributed by atoms with Crippen molar-refractivity contribution < 1.29 is 19.5 Å². The van der Waals surface area contributed by atoms with Crippen molar-refractivity contribution in [2.75, 3.05) is 6.54 Å². The van der Waals surface area contributed by atoms with E-state index in [-0.39, 0.29) is 12.5 Å². The molecule has 13 heavy (non-hydrogen) atoms. The number of carbonyl (C=O) groups is 3. The molecule has 74 valence electrons. The van der Waals surface area contributed by atoms with Crippen LogP contribution in [-0.2, 0) is 14.4 Å². The summed E-state index contributed by atoms with van der Waals surface area (Å²) >= 11 is 0. The maximum Gasteiger partial charge on any atom is 0.320 e. The van der Waals surface area contributed by atoms with Crippen LogP contribution in [0.1, 0.15) is 19.3 Å². The molecule has 0 unspecified atom stereocenters. The Balaban J connectivity index is 0.000000252. The third-order valence-corrected chi connectivity index (χ3v) is 1.55. The summed E-state index contributed by atoms with van der Waals surface area (Å²) in [7, 11) is 0. The van der Waals surface area contributed by atoms with Crippen LogP contribution >= 0.6 is 0 Å². The second-order valence-electron chi connectivity index (χ2n) is 2.56. The van der Waals surface area contributed by atoms with Gasteiger partial charge in [-0.05, 0) is 19.4 Å². The van der Waals surface area contributed by atoms with Crippen molar-refractivity contribution in [2.45, 2.75) is 25.3 Å². The lowest BCUT2D eigenvalue weighted by Gasteiger charge is -1.99. The Kier molecular flexibility index (Phi) is 6.72. The van der Waals surface area contributed by atoms with Crippen LogP contribution in [0, 0.1) is 0 Å². The number of rotatable bonds is 3. The monoisotopic (exact) mass is 187 g/mol. The Labute approximate surface area is 76.1 Å². The molecule has 1 atom stereocenters. The number of aldehydes is 2. The van der Waals surface area contributed by atoms with E-state index < -0.39 is 5.97 Å². The quantitative estimate of drug-likeness (QED) is 0.464. The van der Waals surface area contributed by atoms with Crippen molar-refractivity contribution >= 4 is 18.5 Å². The molecule has 0 aromatic rings. The van der Waals surface area contributed by atoms with Gasteiger partial charge in [0.2, 0.25) is 0 Å². The molecule has 2 N–H and O–H groups in total. The van der Waals surface area contributed by atoms with Gasteiger partial charge in [0.05, 0.1) is 6.42 Å². The molecule has 0 radical (unpaired) electrons. The molecular formula is C8H13NO4. The van der Waals surface area contributed by atoms with Gasteiger partial charge in [0.1, 0.15) is 18.6 Å². The van der Waals surface area contributed by atoms with Crippen LogP contribution in [-0.4, -0.2) is 36.2 Å². The van der Waals surface area contributed by atoms with E-state index in [2.05, 4.69) is 5.32 Å². The van der Waals surface area contributed by atoms with E-state index in [9.17, 15) is 14.4 Å². The minimum Gasteiger partial charge on any atom is -0.480 e. The van der Waals surface area contributed by atoms with E-state index in [1.165, 1.54) is 0 Å². The standard InChI is InChI=1S/C5H9NO2.C3H4O2/c7-5(8)4-2-1-3-6-4;4-2-1-3-5/h4,6H,1-3H2,(H,7,8);2-3H,1H2/t4-;/m0./s1. The molecule has 1 aliphatic rings.